The van der Waals surface area contributed by atoms with Crippen molar-refractivity contribution in [2.45, 2.75) is 90.6 Å². The molecular formula is C31H45FN8O. The molecule has 41 heavy (non-hydrogen) atoms. The van der Waals surface area contributed by atoms with Crippen molar-refractivity contribution in [1.82, 2.24) is 19.5 Å². The van der Waals surface area contributed by atoms with E-state index in [0.717, 1.165) is 54.0 Å². The number of piperidine rings is 1. The van der Waals surface area contributed by atoms with E-state index in [9.17, 15) is 0 Å². The SMILES string of the molecule is C=C(/C=C\C(N=NC(C)C)=C(\C)C(C)CC)c1ccn2nc(NC3CCN(C4COC4)CC3F)nc(NC3CC3)c12. The summed E-state index contributed by atoms with van der Waals surface area (Å²) in [5, 5.41) is 20.6. The first-order valence-electron chi connectivity index (χ1n) is 15.1. The molecule has 2 aliphatic heterocycles. The number of azo groups is 1. The summed E-state index contributed by atoms with van der Waals surface area (Å²) in [6.45, 7) is 17.6. The number of hydrogen-bond donors (Lipinski definition) is 2. The van der Waals surface area contributed by atoms with Gasteiger partial charge in [-0.3, -0.25) is 4.90 Å². The molecule has 0 spiro atoms. The normalized spacial score (nSPS) is 23.8. The number of rotatable bonds is 12. The number of anilines is 2. The zero-order chi connectivity index (χ0) is 29.1. The Balaban J connectivity index is 1.38. The van der Waals surface area contributed by atoms with E-state index >= 15 is 4.39 Å². The molecule has 0 aromatic carbocycles. The second kappa shape index (κ2) is 12.8. The lowest BCUT2D eigenvalue weighted by Crippen LogP contribution is -2.57. The van der Waals surface area contributed by atoms with Crippen molar-refractivity contribution in [1.29, 1.82) is 0 Å². The van der Waals surface area contributed by atoms with Crippen LogP contribution in [0.4, 0.5) is 16.2 Å². The molecule has 2 saturated heterocycles. The monoisotopic (exact) mass is 564 g/mol. The quantitative estimate of drug-likeness (QED) is 0.233. The summed E-state index contributed by atoms with van der Waals surface area (Å²) in [6, 6.07) is 2.54. The van der Waals surface area contributed by atoms with E-state index in [1.54, 1.807) is 0 Å². The van der Waals surface area contributed by atoms with E-state index < -0.39 is 6.17 Å². The second-order valence-corrected chi connectivity index (χ2v) is 12.0. The fourth-order valence-electron chi connectivity index (χ4n) is 5.14. The Hall–Kier alpha value is -3.11. The van der Waals surface area contributed by atoms with Crippen LogP contribution < -0.4 is 10.6 Å². The van der Waals surface area contributed by atoms with Crippen LogP contribution in [0.5, 0.6) is 0 Å². The number of likely N-dealkylation sites (tertiary alicyclic amines) is 1. The fourth-order valence-corrected chi connectivity index (χ4v) is 5.14. The molecule has 9 nitrogen and oxygen atoms in total. The molecule has 2 aromatic heterocycles. The van der Waals surface area contributed by atoms with Crippen LogP contribution in [-0.2, 0) is 4.74 Å². The summed E-state index contributed by atoms with van der Waals surface area (Å²) in [5.74, 6) is 1.58. The minimum atomic E-state index is -0.998. The number of allylic oxidation sites excluding steroid dienone is 4. The highest BCUT2D eigenvalue weighted by Gasteiger charge is 2.36. The van der Waals surface area contributed by atoms with Crippen LogP contribution in [0.2, 0.25) is 0 Å². The Morgan fingerprint density at radius 3 is 2.63 bits per heavy atom. The van der Waals surface area contributed by atoms with Crippen LogP contribution in [0, 0.1) is 5.92 Å². The van der Waals surface area contributed by atoms with E-state index in [2.05, 4.69) is 53.1 Å². The van der Waals surface area contributed by atoms with Crippen LogP contribution in [0.1, 0.15) is 65.9 Å². The van der Waals surface area contributed by atoms with Crippen molar-refractivity contribution in [3.8, 4) is 0 Å². The van der Waals surface area contributed by atoms with Gasteiger partial charge in [0.15, 0.2) is 5.82 Å². The van der Waals surface area contributed by atoms with Gasteiger partial charge in [0, 0.05) is 30.9 Å². The highest BCUT2D eigenvalue weighted by Crippen LogP contribution is 2.32. The van der Waals surface area contributed by atoms with Gasteiger partial charge < -0.3 is 15.4 Å². The molecule has 222 valence electrons. The Morgan fingerprint density at radius 1 is 1.22 bits per heavy atom. The van der Waals surface area contributed by atoms with E-state index in [0.29, 0.717) is 50.1 Å². The van der Waals surface area contributed by atoms with Gasteiger partial charge in [0.2, 0.25) is 5.95 Å². The van der Waals surface area contributed by atoms with Gasteiger partial charge in [-0.1, -0.05) is 26.5 Å². The molecule has 3 atom stereocenters. The van der Waals surface area contributed by atoms with E-state index in [4.69, 9.17) is 14.8 Å². The van der Waals surface area contributed by atoms with E-state index in [-0.39, 0.29) is 12.1 Å². The number of ether oxygens (including phenoxy) is 1. The van der Waals surface area contributed by atoms with E-state index in [1.807, 2.05) is 42.8 Å². The van der Waals surface area contributed by atoms with E-state index in [1.165, 1.54) is 5.57 Å². The molecule has 5 rings (SSSR count). The first-order chi connectivity index (χ1) is 19.7. The van der Waals surface area contributed by atoms with Crippen LogP contribution in [0.25, 0.3) is 11.1 Å². The summed E-state index contributed by atoms with van der Waals surface area (Å²) in [6.07, 6.45) is 8.87. The minimum Gasteiger partial charge on any atom is -0.378 e. The van der Waals surface area contributed by atoms with Gasteiger partial charge in [0.25, 0.3) is 0 Å². The lowest BCUT2D eigenvalue weighted by Gasteiger charge is -2.42. The second-order valence-electron chi connectivity index (χ2n) is 12.0. The third-order valence-electron chi connectivity index (χ3n) is 8.39. The molecule has 3 fully saturated rings. The van der Waals surface area contributed by atoms with Crippen molar-refractivity contribution in [2.24, 2.45) is 16.1 Å². The predicted molar refractivity (Wildman–Crippen MR) is 163 cm³/mol. The maximum atomic E-state index is 15.2. The molecule has 3 aliphatic rings. The zero-order valence-electron chi connectivity index (χ0n) is 25.1. The van der Waals surface area contributed by atoms with Crippen LogP contribution in [0.3, 0.4) is 0 Å². The summed E-state index contributed by atoms with van der Waals surface area (Å²) >= 11 is 0. The number of nitrogens with one attached hydrogen (secondary N) is 2. The van der Waals surface area contributed by atoms with Crippen molar-refractivity contribution in [3.05, 3.63) is 47.8 Å². The summed E-state index contributed by atoms with van der Waals surface area (Å²) < 4.78 is 22.3. The average molecular weight is 565 g/mol. The molecule has 0 amide bonds. The van der Waals surface area contributed by atoms with Crippen LogP contribution in [-0.4, -0.2) is 76.1 Å². The first-order valence-corrected chi connectivity index (χ1v) is 15.1. The highest BCUT2D eigenvalue weighted by atomic mass is 19.1. The van der Waals surface area contributed by atoms with Gasteiger partial charge >= 0.3 is 0 Å². The van der Waals surface area contributed by atoms with Crippen molar-refractivity contribution < 1.29 is 9.13 Å². The Labute approximate surface area is 243 Å². The van der Waals surface area contributed by atoms with Gasteiger partial charge in [-0.15, -0.1) is 5.10 Å². The maximum absolute atomic E-state index is 15.2. The predicted octanol–water partition coefficient (Wildman–Crippen LogP) is 6.28. The third kappa shape index (κ3) is 7.04. The largest absolute Gasteiger partial charge is 0.378 e. The van der Waals surface area contributed by atoms with Crippen molar-refractivity contribution in [2.75, 3.05) is 36.9 Å². The summed E-state index contributed by atoms with van der Waals surface area (Å²) in [7, 11) is 0. The molecule has 2 aromatic rings. The molecule has 4 heterocycles. The molecule has 10 heteroatoms. The topological polar surface area (TPSA) is 91.4 Å². The number of alkyl halides is 1. The Bertz CT molecular complexity index is 1320. The molecule has 0 radical (unpaired) electrons. The fraction of sp³-hybridized carbons (Fsp3) is 0.613. The van der Waals surface area contributed by atoms with Crippen molar-refractivity contribution in [3.63, 3.8) is 0 Å². The Morgan fingerprint density at radius 2 is 2.00 bits per heavy atom. The number of halogens is 1. The molecule has 2 N–H and O–H groups in total. The summed E-state index contributed by atoms with van der Waals surface area (Å²) in [4.78, 5) is 7.05. The van der Waals surface area contributed by atoms with Gasteiger partial charge in [-0.25, -0.2) is 8.91 Å². The molecule has 1 saturated carbocycles. The van der Waals surface area contributed by atoms with Gasteiger partial charge in [0.05, 0.1) is 37.0 Å². The number of hydrogen-bond acceptors (Lipinski definition) is 8. The van der Waals surface area contributed by atoms with Crippen LogP contribution in [0.15, 0.2) is 52.5 Å². The first kappa shape index (κ1) is 29.4. The standard InChI is InChI=1S/C31H45FN8O/c1-7-20(4)22(6)27(37-36-19(2)3)11-8-21(5)25-12-15-40-29(25)30(33-23-9-10-23)35-31(38-40)34-28-13-14-39(16-26(28)32)24-17-41-18-24/h8,11-12,15,19-20,23-24,26,28H,5,7,9-10,13-14,16-18H2,1-4,6H3,(H2,33,34,35,38)/b11-8-,27-22+,37-36?. The minimum absolute atomic E-state index is 0.121. The van der Waals surface area contributed by atoms with Gasteiger partial charge in [-0.05, 0) is 75.7 Å². The number of aromatic nitrogens is 3. The zero-order valence-corrected chi connectivity index (χ0v) is 25.1. The Kier molecular flexibility index (Phi) is 9.19. The molecule has 1 aliphatic carbocycles. The number of nitrogens with zero attached hydrogens (tertiary/aromatic N) is 6. The smallest absolute Gasteiger partial charge is 0.243 e. The van der Waals surface area contributed by atoms with Gasteiger partial charge in [0.1, 0.15) is 11.7 Å². The highest BCUT2D eigenvalue weighted by molar-refractivity contribution is 5.89. The molecule has 0 bridgehead atoms. The lowest BCUT2D eigenvalue weighted by molar-refractivity contribution is -0.0794. The lowest BCUT2D eigenvalue weighted by atomic mass is 9.97. The molecular weight excluding hydrogens is 519 g/mol. The third-order valence-corrected chi connectivity index (χ3v) is 8.39. The van der Waals surface area contributed by atoms with Crippen molar-refractivity contribution >= 4 is 22.9 Å². The number of fused-ring (bicyclic) bond motifs is 1. The molecule has 3 unspecified atom stereocenters. The van der Waals surface area contributed by atoms with Crippen LogP contribution >= 0.6 is 0 Å². The van der Waals surface area contributed by atoms with Gasteiger partial charge in [-0.2, -0.15) is 15.2 Å². The average Bonchev–Trinajstić information content (AvgIpc) is 3.63. The summed E-state index contributed by atoms with van der Waals surface area (Å²) in [5.41, 5.74) is 4.71. The maximum Gasteiger partial charge on any atom is 0.243 e.